The molecule has 0 aliphatic heterocycles. The summed E-state index contributed by atoms with van der Waals surface area (Å²) in [5, 5.41) is 3.23. The predicted molar refractivity (Wildman–Crippen MR) is 70.6 cm³/mol. The van der Waals surface area contributed by atoms with Gasteiger partial charge in [0.25, 0.3) is 5.22 Å². The Hall–Kier alpha value is -1.44. The molecule has 0 aliphatic rings. The minimum atomic E-state index is -0.628. The van der Waals surface area contributed by atoms with Crippen LogP contribution in [-0.4, -0.2) is 25.2 Å². The van der Waals surface area contributed by atoms with Gasteiger partial charge in [-0.3, -0.25) is 0 Å². The van der Waals surface area contributed by atoms with Crippen LogP contribution >= 0.6 is 11.8 Å². The average Bonchev–Trinajstić information content (AvgIpc) is 2.92. The largest absolute Gasteiger partial charge is 0.440 e. The monoisotopic (exact) mass is 300 g/mol. The Morgan fingerprint density at radius 1 is 1.35 bits per heavy atom. The van der Waals surface area contributed by atoms with Gasteiger partial charge in [-0.1, -0.05) is 0 Å². The zero-order valence-corrected chi connectivity index (χ0v) is 11.7. The van der Waals surface area contributed by atoms with Crippen LogP contribution in [0.15, 0.2) is 39.1 Å². The first-order chi connectivity index (χ1) is 9.70. The maximum absolute atomic E-state index is 13.9. The van der Waals surface area contributed by atoms with Crippen molar-refractivity contribution in [2.75, 3.05) is 20.3 Å². The number of rotatable bonds is 7. The van der Waals surface area contributed by atoms with Crippen LogP contribution in [0.5, 0.6) is 0 Å². The fourth-order valence-electron chi connectivity index (χ4n) is 1.57. The molecule has 0 unspecified atom stereocenters. The van der Waals surface area contributed by atoms with E-state index in [1.54, 1.807) is 7.11 Å². The fraction of sp³-hybridized carbons (Fsp3) is 0.308. The van der Waals surface area contributed by atoms with Crippen molar-refractivity contribution in [2.24, 2.45) is 0 Å². The van der Waals surface area contributed by atoms with Crippen molar-refractivity contribution in [2.45, 2.75) is 16.7 Å². The number of aromatic nitrogens is 1. The second-order valence-corrected chi connectivity index (χ2v) is 4.92. The smallest absolute Gasteiger partial charge is 0.260 e. The summed E-state index contributed by atoms with van der Waals surface area (Å²) in [6.07, 6.45) is 2.78. The highest BCUT2D eigenvalue weighted by atomic mass is 32.2. The predicted octanol–water partition coefficient (Wildman–Crippen LogP) is 2.84. The van der Waals surface area contributed by atoms with Gasteiger partial charge in [-0.25, -0.2) is 13.8 Å². The van der Waals surface area contributed by atoms with Crippen LogP contribution < -0.4 is 5.32 Å². The zero-order chi connectivity index (χ0) is 14.4. The Morgan fingerprint density at radius 3 is 2.70 bits per heavy atom. The van der Waals surface area contributed by atoms with Crippen molar-refractivity contribution in [3.05, 3.63) is 41.8 Å². The molecule has 2 rings (SSSR count). The summed E-state index contributed by atoms with van der Waals surface area (Å²) in [4.78, 5) is 3.71. The summed E-state index contributed by atoms with van der Waals surface area (Å²) in [6.45, 7) is 1.54. The lowest BCUT2D eigenvalue weighted by Gasteiger charge is -2.07. The topological polar surface area (TPSA) is 47.3 Å². The van der Waals surface area contributed by atoms with Crippen LogP contribution in [0.3, 0.4) is 0 Å². The maximum atomic E-state index is 13.9. The molecule has 7 heteroatoms. The molecule has 108 valence electrons. The number of nitrogens with zero attached hydrogens (tertiary/aromatic N) is 1. The summed E-state index contributed by atoms with van der Waals surface area (Å²) in [5.74, 6) is -1.26. The molecule has 0 saturated heterocycles. The summed E-state index contributed by atoms with van der Waals surface area (Å²) >= 11 is 0.820. The number of hydrogen-bond acceptors (Lipinski definition) is 5. The SMILES string of the molecule is COCCNCc1cc(F)c(Sc2ncco2)c(F)c1. The molecule has 1 heterocycles. The van der Waals surface area contributed by atoms with Gasteiger partial charge in [-0.2, -0.15) is 0 Å². The number of benzene rings is 1. The Labute approximate surface area is 119 Å². The van der Waals surface area contributed by atoms with Crippen molar-refractivity contribution in [3.8, 4) is 0 Å². The van der Waals surface area contributed by atoms with E-state index >= 15 is 0 Å². The quantitative estimate of drug-likeness (QED) is 0.797. The second kappa shape index (κ2) is 7.37. The van der Waals surface area contributed by atoms with Crippen LogP contribution in [-0.2, 0) is 11.3 Å². The molecule has 0 atom stereocenters. The molecular formula is C13H14F2N2O2S. The molecule has 0 bridgehead atoms. The van der Waals surface area contributed by atoms with Crippen molar-refractivity contribution in [3.63, 3.8) is 0 Å². The van der Waals surface area contributed by atoms with Gasteiger partial charge in [-0.05, 0) is 29.5 Å². The Morgan fingerprint density at radius 2 is 2.10 bits per heavy atom. The van der Waals surface area contributed by atoms with Gasteiger partial charge in [-0.15, -0.1) is 0 Å². The average molecular weight is 300 g/mol. The lowest BCUT2D eigenvalue weighted by molar-refractivity contribution is 0.199. The van der Waals surface area contributed by atoms with E-state index in [4.69, 9.17) is 9.15 Å². The zero-order valence-electron chi connectivity index (χ0n) is 10.9. The maximum Gasteiger partial charge on any atom is 0.260 e. The normalized spacial score (nSPS) is 10.9. The molecule has 1 aromatic heterocycles. The molecule has 0 radical (unpaired) electrons. The van der Waals surface area contributed by atoms with Gasteiger partial charge in [0.1, 0.15) is 17.9 Å². The number of methoxy groups -OCH3 is 1. The minimum absolute atomic E-state index is 0.118. The second-order valence-electron chi connectivity index (χ2n) is 3.96. The molecule has 1 N–H and O–H groups in total. The Balaban J connectivity index is 2.04. The molecule has 0 saturated carbocycles. The summed E-state index contributed by atoms with van der Waals surface area (Å²) < 4.78 is 37.6. The number of oxazole rings is 1. The number of ether oxygens (including phenoxy) is 1. The van der Waals surface area contributed by atoms with E-state index in [9.17, 15) is 8.78 Å². The lowest BCUT2D eigenvalue weighted by atomic mass is 10.2. The van der Waals surface area contributed by atoms with E-state index in [2.05, 4.69) is 10.3 Å². The first-order valence-electron chi connectivity index (χ1n) is 5.95. The van der Waals surface area contributed by atoms with Crippen molar-refractivity contribution in [1.82, 2.24) is 10.3 Å². The van der Waals surface area contributed by atoms with Gasteiger partial charge in [0, 0.05) is 20.2 Å². The summed E-state index contributed by atoms with van der Waals surface area (Å²) in [7, 11) is 1.59. The van der Waals surface area contributed by atoms with Gasteiger partial charge < -0.3 is 14.5 Å². The molecule has 2 aromatic rings. The third kappa shape index (κ3) is 4.03. The Kier molecular flexibility index (Phi) is 5.51. The molecule has 20 heavy (non-hydrogen) atoms. The molecule has 0 fully saturated rings. The fourth-order valence-corrected chi connectivity index (χ4v) is 2.27. The standard InChI is InChI=1S/C13H14F2N2O2S/c1-18-4-2-16-8-9-6-10(14)12(11(15)7-9)20-13-17-3-5-19-13/h3,5-7,16H,2,4,8H2,1H3. The van der Waals surface area contributed by atoms with Crippen LogP contribution in [0.4, 0.5) is 8.78 Å². The Bertz CT molecular complexity index is 526. The molecular weight excluding hydrogens is 286 g/mol. The van der Waals surface area contributed by atoms with E-state index in [0.29, 0.717) is 25.3 Å². The van der Waals surface area contributed by atoms with E-state index in [0.717, 1.165) is 11.8 Å². The van der Waals surface area contributed by atoms with Crippen molar-refractivity contribution < 1.29 is 17.9 Å². The molecule has 0 spiro atoms. The third-order valence-corrected chi connectivity index (χ3v) is 3.44. The van der Waals surface area contributed by atoms with Gasteiger partial charge >= 0.3 is 0 Å². The molecule has 4 nitrogen and oxygen atoms in total. The van der Waals surface area contributed by atoms with E-state index in [1.165, 1.54) is 24.6 Å². The van der Waals surface area contributed by atoms with Gasteiger partial charge in [0.2, 0.25) is 0 Å². The molecule has 0 amide bonds. The van der Waals surface area contributed by atoms with Gasteiger partial charge in [0.15, 0.2) is 0 Å². The van der Waals surface area contributed by atoms with Crippen LogP contribution in [0.25, 0.3) is 0 Å². The molecule has 0 aliphatic carbocycles. The summed E-state index contributed by atoms with van der Waals surface area (Å²) in [6, 6.07) is 2.60. The number of nitrogens with one attached hydrogen (secondary N) is 1. The lowest BCUT2D eigenvalue weighted by Crippen LogP contribution is -2.18. The van der Waals surface area contributed by atoms with E-state index < -0.39 is 11.6 Å². The van der Waals surface area contributed by atoms with E-state index in [-0.39, 0.29) is 10.1 Å². The summed E-state index contributed by atoms with van der Waals surface area (Å²) in [5.41, 5.74) is 0.535. The van der Waals surface area contributed by atoms with Crippen LogP contribution in [0, 0.1) is 11.6 Å². The van der Waals surface area contributed by atoms with Gasteiger partial charge in [0.05, 0.1) is 17.7 Å². The highest BCUT2D eigenvalue weighted by molar-refractivity contribution is 7.99. The number of hydrogen-bond donors (Lipinski definition) is 1. The van der Waals surface area contributed by atoms with Crippen molar-refractivity contribution in [1.29, 1.82) is 0 Å². The van der Waals surface area contributed by atoms with Crippen LogP contribution in [0.1, 0.15) is 5.56 Å². The highest BCUT2D eigenvalue weighted by Gasteiger charge is 2.14. The first-order valence-corrected chi connectivity index (χ1v) is 6.77. The van der Waals surface area contributed by atoms with Crippen molar-refractivity contribution >= 4 is 11.8 Å². The van der Waals surface area contributed by atoms with E-state index in [1.807, 2.05) is 0 Å². The van der Waals surface area contributed by atoms with Crippen LogP contribution in [0.2, 0.25) is 0 Å². The first kappa shape index (κ1) is 15.0. The minimum Gasteiger partial charge on any atom is -0.440 e. The number of halogens is 2. The highest BCUT2D eigenvalue weighted by Crippen LogP contribution is 2.31. The molecule has 1 aromatic carbocycles. The third-order valence-electron chi connectivity index (χ3n) is 2.47.